The summed E-state index contributed by atoms with van der Waals surface area (Å²) in [6.07, 6.45) is 1.67. The van der Waals surface area contributed by atoms with Gasteiger partial charge in [0.15, 0.2) is 5.84 Å². The number of aryl methyl sites for hydroxylation is 2. The molecule has 0 radical (unpaired) electrons. The van der Waals surface area contributed by atoms with E-state index in [0.29, 0.717) is 11.3 Å². The second kappa shape index (κ2) is 5.52. The Bertz CT molecular complexity index is 464. The molecule has 0 bridgehead atoms. The molecule has 100 valence electrons. The number of hydrogen-bond donors (Lipinski definition) is 2. The molecule has 1 heterocycles. The van der Waals surface area contributed by atoms with Crippen LogP contribution >= 0.6 is 0 Å². The first-order valence-corrected chi connectivity index (χ1v) is 5.64. The summed E-state index contributed by atoms with van der Waals surface area (Å²) >= 11 is 0. The standard InChI is InChI=1S/C11H19N5O2/c1-7(2)16(6-10(12)14-18)11(17)9-5-15(4)13-8(9)3/h5,7,18H,6H2,1-4H3,(H2,12,14). The molecule has 0 fully saturated rings. The van der Waals surface area contributed by atoms with Crippen LogP contribution in [0.2, 0.25) is 0 Å². The molecule has 0 aliphatic heterocycles. The van der Waals surface area contributed by atoms with Crippen LogP contribution in [0, 0.1) is 6.92 Å². The van der Waals surface area contributed by atoms with Gasteiger partial charge in [0.25, 0.3) is 5.91 Å². The lowest BCUT2D eigenvalue weighted by Crippen LogP contribution is -2.43. The van der Waals surface area contributed by atoms with Crippen LogP contribution in [0.1, 0.15) is 29.9 Å². The summed E-state index contributed by atoms with van der Waals surface area (Å²) in [5.41, 5.74) is 6.64. The lowest BCUT2D eigenvalue weighted by atomic mass is 10.2. The van der Waals surface area contributed by atoms with Crippen LogP contribution in [-0.4, -0.2) is 44.2 Å². The molecule has 7 nitrogen and oxygen atoms in total. The van der Waals surface area contributed by atoms with Crippen molar-refractivity contribution in [3.8, 4) is 0 Å². The third-order valence-electron chi connectivity index (χ3n) is 2.59. The molecule has 3 N–H and O–H groups in total. The van der Waals surface area contributed by atoms with Gasteiger partial charge in [-0.2, -0.15) is 5.10 Å². The average Bonchev–Trinajstić information content (AvgIpc) is 2.63. The maximum absolute atomic E-state index is 12.4. The van der Waals surface area contributed by atoms with E-state index in [1.165, 1.54) is 4.90 Å². The summed E-state index contributed by atoms with van der Waals surface area (Å²) in [6, 6.07) is -0.0580. The number of aromatic nitrogens is 2. The van der Waals surface area contributed by atoms with E-state index in [9.17, 15) is 4.79 Å². The van der Waals surface area contributed by atoms with Crippen molar-refractivity contribution in [1.82, 2.24) is 14.7 Å². The Morgan fingerprint density at radius 2 is 2.28 bits per heavy atom. The summed E-state index contributed by atoms with van der Waals surface area (Å²) in [4.78, 5) is 13.9. The van der Waals surface area contributed by atoms with Crippen molar-refractivity contribution in [3.05, 3.63) is 17.5 Å². The Morgan fingerprint density at radius 3 is 2.67 bits per heavy atom. The van der Waals surface area contributed by atoms with Gasteiger partial charge in [0, 0.05) is 19.3 Å². The predicted molar refractivity (Wildman–Crippen MR) is 67.5 cm³/mol. The van der Waals surface area contributed by atoms with Gasteiger partial charge in [-0.15, -0.1) is 0 Å². The van der Waals surface area contributed by atoms with E-state index in [4.69, 9.17) is 10.9 Å². The quantitative estimate of drug-likeness (QED) is 0.349. The highest BCUT2D eigenvalue weighted by atomic mass is 16.4. The zero-order valence-electron chi connectivity index (χ0n) is 11.1. The van der Waals surface area contributed by atoms with Crippen LogP contribution in [0.5, 0.6) is 0 Å². The van der Waals surface area contributed by atoms with Crippen LogP contribution in [0.25, 0.3) is 0 Å². The van der Waals surface area contributed by atoms with Gasteiger partial charge in [-0.1, -0.05) is 5.16 Å². The van der Waals surface area contributed by atoms with E-state index in [0.717, 1.165) is 0 Å². The molecule has 1 aromatic heterocycles. The number of nitrogens with two attached hydrogens (primary N) is 1. The number of oxime groups is 1. The second-order valence-electron chi connectivity index (χ2n) is 4.42. The fraction of sp³-hybridized carbons (Fsp3) is 0.545. The topological polar surface area (TPSA) is 96.7 Å². The van der Waals surface area contributed by atoms with Crippen LogP contribution in [0.15, 0.2) is 11.4 Å². The Morgan fingerprint density at radius 1 is 1.67 bits per heavy atom. The number of carbonyl (C=O) groups is 1. The van der Waals surface area contributed by atoms with Crippen molar-refractivity contribution >= 4 is 11.7 Å². The third kappa shape index (κ3) is 2.99. The van der Waals surface area contributed by atoms with Gasteiger partial charge in [0.2, 0.25) is 0 Å². The maximum atomic E-state index is 12.4. The van der Waals surface area contributed by atoms with E-state index in [2.05, 4.69) is 10.3 Å². The van der Waals surface area contributed by atoms with Crippen LogP contribution in [-0.2, 0) is 7.05 Å². The highest BCUT2D eigenvalue weighted by Gasteiger charge is 2.23. The molecule has 0 atom stereocenters. The lowest BCUT2D eigenvalue weighted by Gasteiger charge is -2.25. The zero-order valence-corrected chi connectivity index (χ0v) is 11.1. The first-order valence-electron chi connectivity index (χ1n) is 5.64. The predicted octanol–water partition coefficient (Wildman–Crippen LogP) is 0.326. The van der Waals surface area contributed by atoms with Gasteiger partial charge >= 0.3 is 0 Å². The Labute approximate surface area is 106 Å². The van der Waals surface area contributed by atoms with E-state index < -0.39 is 0 Å². The summed E-state index contributed by atoms with van der Waals surface area (Å²) in [5, 5.41) is 15.6. The third-order valence-corrected chi connectivity index (χ3v) is 2.59. The average molecular weight is 253 g/mol. The molecule has 0 saturated carbocycles. The lowest BCUT2D eigenvalue weighted by molar-refractivity contribution is 0.0733. The molecule has 1 aromatic rings. The number of carbonyl (C=O) groups excluding carboxylic acids is 1. The van der Waals surface area contributed by atoms with Crippen molar-refractivity contribution in [3.63, 3.8) is 0 Å². The first kappa shape index (κ1) is 14.0. The molecule has 0 spiro atoms. The van der Waals surface area contributed by atoms with E-state index in [-0.39, 0.29) is 24.3 Å². The van der Waals surface area contributed by atoms with Gasteiger partial charge in [-0.05, 0) is 20.8 Å². The van der Waals surface area contributed by atoms with Gasteiger partial charge in [0.05, 0.1) is 17.8 Å². The SMILES string of the molecule is Cc1nn(C)cc1C(=O)N(CC(N)=NO)C(C)C. The summed E-state index contributed by atoms with van der Waals surface area (Å²) in [6.45, 7) is 5.60. The van der Waals surface area contributed by atoms with E-state index >= 15 is 0 Å². The number of nitrogens with zero attached hydrogens (tertiary/aromatic N) is 4. The molecule has 1 rings (SSSR count). The summed E-state index contributed by atoms with van der Waals surface area (Å²) in [5.74, 6) is -0.180. The van der Waals surface area contributed by atoms with Crippen LogP contribution < -0.4 is 5.73 Å². The fourth-order valence-electron chi connectivity index (χ4n) is 1.66. The smallest absolute Gasteiger partial charge is 0.257 e. The minimum atomic E-state index is -0.179. The first-order chi connectivity index (χ1) is 8.36. The minimum Gasteiger partial charge on any atom is -0.409 e. The molecule has 0 saturated heterocycles. The zero-order chi connectivity index (χ0) is 13.9. The van der Waals surface area contributed by atoms with Gasteiger partial charge in [-0.25, -0.2) is 0 Å². The van der Waals surface area contributed by atoms with Crippen LogP contribution in [0.4, 0.5) is 0 Å². The monoisotopic (exact) mass is 253 g/mol. The minimum absolute atomic E-state index is 0.00130. The van der Waals surface area contributed by atoms with Gasteiger partial charge < -0.3 is 15.8 Å². The van der Waals surface area contributed by atoms with E-state index in [1.807, 2.05) is 13.8 Å². The van der Waals surface area contributed by atoms with Crippen molar-refractivity contribution in [2.24, 2.45) is 17.9 Å². The molecular weight excluding hydrogens is 234 g/mol. The molecule has 18 heavy (non-hydrogen) atoms. The maximum Gasteiger partial charge on any atom is 0.257 e. The largest absolute Gasteiger partial charge is 0.409 e. The van der Waals surface area contributed by atoms with Crippen molar-refractivity contribution < 1.29 is 10.0 Å². The van der Waals surface area contributed by atoms with Crippen molar-refractivity contribution in [1.29, 1.82) is 0 Å². The Hall–Kier alpha value is -2.05. The number of amides is 1. The van der Waals surface area contributed by atoms with E-state index in [1.54, 1.807) is 24.9 Å². The van der Waals surface area contributed by atoms with Crippen LogP contribution in [0.3, 0.4) is 0 Å². The molecule has 0 aromatic carbocycles. The highest BCUT2D eigenvalue weighted by molar-refractivity contribution is 5.97. The Kier molecular flexibility index (Phi) is 4.30. The molecule has 0 unspecified atom stereocenters. The van der Waals surface area contributed by atoms with Crippen molar-refractivity contribution in [2.75, 3.05) is 6.54 Å². The Balaban J connectivity index is 3.00. The van der Waals surface area contributed by atoms with Gasteiger partial charge in [0.1, 0.15) is 0 Å². The highest BCUT2D eigenvalue weighted by Crippen LogP contribution is 2.11. The molecule has 1 amide bonds. The summed E-state index contributed by atoms with van der Waals surface area (Å²) < 4.78 is 1.59. The molecule has 7 heteroatoms. The molecule has 0 aliphatic carbocycles. The number of amidine groups is 1. The summed E-state index contributed by atoms with van der Waals surface area (Å²) in [7, 11) is 1.76. The normalized spacial score (nSPS) is 11.9. The van der Waals surface area contributed by atoms with Gasteiger partial charge in [-0.3, -0.25) is 9.48 Å². The second-order valence-corrected chi connectivity index (χ2v) is 4.42. The molecule has 0 aliphatic rings. The number of rotatable bonds is 4. The molecular formula is C11H19N5O2. The van der Waals surface area contributed by atoms with Crippen molar-refractivity contribution in [2.45, 2.75) is 26.8 Å². The number of hydrogen-bond acceptors (Lipinski definition) is 4. The fourth-order valence-corrected chi connectivity index (χ4v) is 1.66.